The number of benzene rings is 2. The van der Waals surface area contributed by atoms with Crippen LogP contribution in [0.2, 0.25) is 10.0 Å². The molecule has 1 heterocycles. The summed E-state index contributed by atoms with van der Waals surface area (Å²) in [5.74, 6) is 0.00221. The van der Waals surface area contributed by atoms with Crippen molar-refractivity contribution >= 4 is 29.1 Å². The number of amides is 1. The topological polar surface area (TPSA) is 80.0 Å². The number of hydrogen-bond acceptors (Lipinski definition) is 4. The molecule has 2 aromatic carbocycles. The van der Waals surface area contributed by atoms with Gasteiger partial charge in [-0.15, -0.1) is 5.10 Å². The molecule has 0 aliphatic heterocycles. The highest BCUT2D eigenvalue weighted by atomic mass is 35.5. The zero-order chi connectivity index (χ0) is 17.8. The van der Waals surface area contributed by atoms with E-state index in [1.807, 2.05) is 6.07 Å². The smallest absolute Gasteiger partial charge is 0.291 e. The number of halogens is 2. The Bertz CT molecular complexity index is 894. The van der Waals surface area contributed by atoms with Crippen LogP contribution in [0.5, 0.6) is 0 Å². The molecule has 3 aromatic rings. The molecule has 128 valence electrons. The maximum Gasteiger partial charge on any atom is 0.291 e. The molecule has 0 aliphatic carbocycles. The summed E-state index contributed by atoms with van der Waals surface area (Å²) in [6.45, 7) is -0.0361. The summed E-state index contributed by atoms with van der Waals surface area (Å²) in [4.78, 5) is 16.5. The van der Waals surface area contributed by atoms with E-state index in [1.54, 1.807) is 47.1 Å². The molecule has 1 amide bonds. The van der Waals surface area contributed by atoms with Crippen LogP contribution >= 0.6 is 23.2 Å². The van der Waals surface area contributed by atoms with E-state index in [2.05, 4.69) is 15.4 Å². The highest BCUT2D eigenvalue weighted by Crippen LogP contribution is 2.24. The van der Waals surface area contributed by atoms with E-state index in [0.29, 0.717) is 21.6 Å². The van der Waals surface area contributed by atoms with Gasteiger partial charge in [0.1, 0.15) is 0 Å². The SMILES string of the molecule is O=C(NCCO)c1nc(-c2cccc(Cl)c2)n(-c2ccc(Cl)cc2)n1. The van der Waals surface area contributed by atoms with Crippen molar-refractivity contribution in [1.82, 2.24) is 20.1 Å². The third-order valence-electron chi connectivity index (χ3n) is 3.36. The lowest BCUT2D eigenvalue weighted by molar-refractivity contribution is 0.0934. The maximum atomic E-state index is 12.1. The van der Waals surface area contributed by atoms with Crippen molar-refractivity contribution in [3.8, 4) is 17.1 Å². The zero-order valence-corrected chi connectivity index (χ0v) is 14.5. The van der Waals surface area contributed by atoms with Gasteiger partial charge < -0.3 is 10.4 Å². The van der Waals surface area contributed by atoms with Gasteiger partial charge in [0.25, 0.3) is 5.91 Å². The fourth-order valence-electron chi connectivity index (χ4n) is 2.23. The Balaban J connectivity index is 2.09. The van der Waals surface area contributed by atoms with Crippen LogP contribution in [0, 0.1) is 0 Å². The first-order chi connectivity index (χ1) is 12.1. The van der Waals surface area contributed by atoms with Gasteiger partial charge in [-0.2, -0.15) is 0 Å². The summed E-state index contributed by atoms with van der Waals surface area (Å²) in [5.41, 5.74) is 1.42. The van der Waals surface area contributed by atoms with Crippen LogP contribution in [0.4, 0.5) is 0 Å². The van der Waals surface area contributed by atoms with Crippen molar-refractivity contribution in [2.24, 2.45) is 0 Å². The summed E-state index contributed by atoms with van der Waals surface area (Å²) in [7, 11) is 0. The van der Waals surface area contributed by atoms with E-state index in [0.717, 1.165) is 5.56 Å². The van der Waals surface area contributed by atoms with Gasteiger partial charge in [-0.25, -0.2) is 9.67 Å². The molecule has 3 rings (SSSR count). The quantitative estimate of drug-likeness (QED) is 0.717. The zero-order valence-electron chi connectivity index (χ0n) is 13.0. The Morgan fingerprint density at radius 1 is 1.12 bits per heavy atom. The predicted molar refractivity (Wildman–Crippen MR) is 96.2 cm³/mol. The third-order valence-corrected chi connectivity index (χ3v) is 3.85. The van der Waals surface area contributed by atoms with Gasteiger partial charge in [-0.1, -0.05) is 35.3 Å². The molecule has 0 atom stereocenters. The number of carbonyl (C=O) groups excluding carboxylic acids is 1. The molecular formula is C17H14Cl2N4O2. The van der Waals surface area contributed by atoms with Gasteiger partial charge in [-0.3, -0.25) is 4.79 Å². The number of aliphatic hydroxyl groups is 1. The van der Waals surface area contributed by atoms with Gasteiger partial charge in [0, 0.05) is 22.2 Å². The highest BCUT2D eigenvalue weighted by Gasteiger charge is 2.18. The highest BCUT2D eigenvalue weighted by molar-refractivity contribution is 6.31. The Kier molecular flexibility index (Phi) is 5.33. The molecule has 0 saturated heterocycles. The molecule has 25 heavy (non-hydrogen) atoms. The molecule has 0 radical (unpaired) electrons. The van der Waals surface area contributed by atoms with Gasteiger partial charge in [0.15, 0.2) is 5.82 Å². The van der Waals surface area contributed by atoms with Crippen LogP contribution in [-0.2, 0) is 0 Å². The number of aliphatic hydroxyl groups excluding tert-OH is 1. The predicted octanol–water partition coefficient (Wildman–Crippen LogP) is 2.96. The van der Waals surface area contributed by atoms with Crippen molar-refractivity contribution in [1.29, 1.82) is 0 Å². The van der Waals surface area contributed by atoms with Gasteiger partial charge in [0.05, 0.1) is 12.3 Å². The van der Waals surface area contributed by atoms with Crippen LogP contribution < -0.4 is 5.32 Å². The first kappa shape index (κ1) is 17.4. The Hall–Kier alpha value is -2.41. The average Bonchev–Trinajstić information content (AvgIpc) is 3.06. The molecule has 0 bridgehead atoms. The summed E-state index contributed by atoms with van der Waals surface area (Å²) in [5, 5.41) is 16.8. The molecule has 0 fully saturated rings. The first-order valence-corrected chi connectivity index (χ1v) is 8.22. The van der Waals surface area contributed by atoms with Gasteiger partial charge in [0.2, 0.25) is 5.82 Å². The lowest BCUT2D eigenvalue weighted by Crippen LogP contribution is -2.27. The molecule has 0 saturated carbocycles. The average molecular weight is 377 g/mol. The summed E-state index contributed by atoms with van der Waals surface area (Å²) in [6, 6.07) is 14.1. The fourth-order valence-corrected chi connectivity index (χ4v) is 2.55. The second-order valence-corrected chi connectivity index (χ2v) is 6.01. The molecule has 0 aliphatic rings. The number of rotatable bonds is 5. The van der Waals surface area contributed by atoms with Crippen molar-refractivity contribution in [2.45, 2.75) is 0 Å². The molecule has 2 N–H and O–H groups in total. The standard InChI is InChI=1S/C17H14Cl2N4O2/c18-12-4-6-14(7-5-12)23-16(11-2-1-3-13(19)10-11)21-15(22-23)17(25)20-8-9-24/h1-7,10,24H,8-9H2,(H,20,25). The Labute approximate surface area is 154 Å². The molecule has 1 aromatic heterocycles. The van der Waals surface area contributed by atoms with Gasteiger partial charge >= 0.3 is 0 Å². The largest absolute Gasteiger partial charge is 0.395 e. The molecule has 8 heteroatoms. The van der Waals surface area contributed by atoms with Crippen LogP contribution in [-0.4, -0.2) is 38.9 Å². The summed E-state index contributed by atoms with van der Waals surface area (Å²) >= 11 is 12.0. The van der Waals surface area contributed by atoms with E-state index < -0.39 is 5.91 Å². The monoisotopic (exact) mass is 376 g/mol. The minimum Gasteiger partial charge on any atom is -0.395 e. The first-order valence-electron chi connectivity index (χ1n) is 7.46. The summed E-state index contributed by atoms with van der Waals surface area (Å²) < 4.78 is 1.55. The molecular weight excluding hydrogens is 363 g/mol. The fraction of sp³-hybridized carbons (Fsp3) is 0.118. The third kappa shape index (κ3) is 3.99. The Morgan fingerprint density at radius 3 is 2.56 bits per heavy atom. The number of hydrogen-bond donors (Lipinski definition) is 2. The molecule has 0 spiro atoms. The number of carbonyl (C=O) groups is 1. The van der Waals surface area contributed by atoms with Crippen molar-refractivity contribution < 1.29 is 9.90 Å². The summed E-state index contributed by atoms with van der Waals surface area (Å²) in [6.07, 6.45) is 0. The van der Waals surface area contributed by atoms with Crippen LogP contribution in [0.15, 0.2) is 48.5 Å². The molecule has 0 unspecified atom stereocenters. The van der Waals surface area contributed by atoms with E-state index >= 15 is 0 Å². The lowest BCUT2D eigenvalue weighted by atomic mass is 10.2. The Morgan fingerprint density at radius 2 is 1.88 bits per heavy atom. The maximum absolute atomic E-state index is 12.1. The van der Waals surface area contributed by atoms with E-state index in [4.69, 9.17) is 28.3 Å². The van der Waals surface area contributed by atoms with E-state index in [-0.39, 0.29) is 19.0 Å². The normalized spacial score (nSPS) is 10.7. The second kappa shape index (κ2) is 7.65. The number of nitrogens with zero attached hydrogens (tertiary/aromatic N) is 3. The minimum absolute atomic E-state index is 0.00150. The second-order valence-electron chi connectivity index (χ2n) is 5.14. The van der Waals surface area contributed by atoms with Crippen molar-refractivity contribution in [3.05, 3.63) is 64.4 Å². The van der Waals surface area contributed by atoms with Crippen LogP contribution in [0.25, 0.3) is 17.1 Å². The van der Waals surface area contributed by atoms with Gasteiger partial charge in [-0.05, 0) is 36.4 Å². The number of aromatic nitrogens is 3. The van der Waals surface area contributed by atoms with E-state index in [9.17, 15) is 4.79 Å². The van der Waals surface area contributed by atoms with Crippen molar-refractivity contribution in [3.63, 3.8) is 0 Å². The van der Waals surface area contributed by atoms with Crippen LogP contribution in [0.1, 0.15) is 10.6 Å². The molecule has 6 nitrogen and oxygen atoms in total. The minimum atomic E-state index is -0.468. The van der Waals surface area contributed by atoms with Crippen molar-refractivity contribution in [2.75, 3.05) is 13.2 Å². The van der Waals surface area contributed by atoms with Crippen LogP contribution in [0.3, 0.4) is 0 Å². The number of nitrogens with one attached hydrogen (secondary N) is 1. The lowest BCUT2D eigenvalue weighted by Gasteiger charge is -2.06. The van der Waals surface area contributed by atoms with E-state index in [1.165, 1.54) is 0 Å².